The van der Waals surface area contributed by atoms with E-state index in [0.717, 1.165) is 0 Å². The van der Waals surface area contributed by atoms with Gasteiger partial charge in [-0.25, -0.2) is 8.78 Å². The van der Waals surface area contributed by atoms with Gasteiger partial charge in [-0.1, -0.05) is 6.07 Å². The van der Waals surface area contributed by atoms with Gasteiger partial charge in [-0.2, -0.15) is 0 Å². The maximum absolute atomic E-state index is 13.7. The quantitative estimate of drug-likeness (QED) is 0.935. The average molecular weight is 279 g/mol. The summed E-state index contributed by atoms with van der Waals surface area (Å²) >= 11 is 0. The third kappa shape index (κ3) is 2.72. The molecule has 1 unspecified atom stereocenters. The zero-order valence-corrected chi connectivity index (χ0v) is 11.2. The third-order valence-electron chi connectivity index (χ3n) is 3.06. The summed E-state index contributed by atoms with van der Waals surface area (Å²) in [6, 6.07) is 7.75. The summed E-state index contributed by atoms with van der Waals surface area (Å²) in [5, 5.41) is 0. The SMILES string of the molecule is COc1ccc(C(N)c2cc(F)ccc2OC)cc1F. The van der Waals surface area contributed by atoms with Gasteiger partial charge in [0.05, 0.1) is 20.3 Å². The Morgan fingerprint density at radius 2 is 1.60 bits per heavy atom. The minimum Gasteiger partial charge on any atom is -0.496 e. The Balaban J connectivity index is 2.43. The minimum atomic E-state index is -0.693. The van der Waals surface area contributed by atoms with Crippen LogP contribution in [0.4, 0.5) is 8.78 Å². The highest BCUT2D eigenvalue weighted by molar-refractivity contribution is 5.43. The van der Waals surface area contributed by atoms with E-state index in [-0.39, 0.29) is 5.75 Å². The van der Waals surface area contributed by atoms with Crippen LogP contribution in [-0.2, 0) is 0 Å². The van der Waals surface area contributed by atoms with Crippen LogP contribution in [0.15, 0.2) is 36.4 Å². The predicted molar refractivity (Wildman–Crippen MR) is 71.9 cm³/mol. The van der Waals surface area contributed by atoms with E-state index >= 15 is 0 Å². The number of methoxy groups -OCH3 is 2. The summed E-state index contributed by atoms with van der Waals surface area (Å²) in [5.41, 5.74) is 7.03. The van der Waals surface area contributed by atoms with E-state index in [1.165, 1.54) is 44.6 Å². The summed E-state index contributed by atoms with van der Waals surface area (Å²) < 4.78 is 37.1. The van der Waals surface area contributed by atoms with Crippen LogP contribution in [0, 0.1) is 11.6 Å². The van der Waals surface area contributed by atoms with Crippen LogP contribution in [-0.4, -0.2) is 14.2 Å². The number of ether oxygens (including phenoxy) is 2. The first-order valence-corrected chi connectivity index (χ1v) is 5.99. The largest absolute Gasteiger partial charge is 0.496 e. The molecular formula is C15H15F2NO2. The smallest absolute Gasteiger partial charge is 0.165 e. The van der Waals surface area contributed by atoms with Gasteiger partial charge in [-0.15, -0.1) is 0 Å². The van der Waals surface area contributed by atoms with Gasteiger partial charge in [0.1, 0.15) is 11.6 Å². The first-order chi connectivity index (χ1) is 9.56. The van der Waals surface area contributed by atoms with E-state index in [1.807, 2.05) is 0 Å². The van der Waals surface area contributed by atoms with Crippen molar-refractivity contribution in [2.24, 2.45) is 5.73 Å². The van der Waals surface area contributed by atoms with E-state index in [2.05, 4.69) is 0 Å². The summed E-state index contributed by atoms with van der Waals surface area (Å²) in [6.45, 7) is 0. The van der Waals surface area contributed by atoms with Crippen molar-refractivity contribution in [1.29, 1.82) is 0 Å². The lowest BCUT2D eigenvalue weighted by Gasteiger charge is -2.17. The minimum absolute atomic E-state index is 0.132. The van der Waals surface area contributed by atoms with Crippen molar-refractivity contribution in [3.8, 4) is 11.5 Å². The maximum Gasteiger partial charge on any atom is 0.165 e. The molecule has 0 aromatic heterocycles. The second-order valence-corrected chi connectivity index (χ2v) is 4.26. The highest BCUT2D eigenvalue weighted by atomic mass is 19.1. The van der Waals surface area contributed by atoms with Crippen molar-refractivity contribution in [1.82, 2.24) is 0 Å². The zero-order chi connectivity index (χ0) is 14.7. The molecule has 5 heteroatoms. The van der Waals surface area contributed by atoms with Gasteiger partial charge in [-0.3, -0.25) is 0 Å². The summed E-state index contributed by atoms with van der Waals surface area (Å²) in [6.07, 6.45) is 0. The number of rotatable bonds is 4. The molecule has 106 valence electrons. The van der Waals surface area contributed by atoms with E-state index in [9.17, 15) is 8.78 Å². The van der Waals surface area contributed by atoms with Crippen LogP contribution in [0.5, 0.6) is 11.5 Å². The molecular weight excluding hydrogens is 264 g/mol. The molecule has 0 aliphatic carbocycles. The number of benzene rings is 2. The Morgan fingerprint density at radius 3 is 2.20 bits per heavy atom. The Kier molecular flexibility index (Phi) is 4.20. The van der Waals surface area contributed by atoms with Gasteiger partial charge in [-0.05, 0) is 35.9 Å². The lowest BCUT2D eigenvalue weighted by molar-refractivity contribution is 0.386. The Hall–Kier alpha value is -2.14. The fourth-order valence-electron chi connectivity index (χ4n) is 2.00. The molecule has 0 fully saturated rings. The monoisotopic (exact) mass is 279 g/mol. The van der Waals surface area contributed by atoms with E-state index in [1.54, 1.807) is 6.07 Å². The van der Waals surface area contributed by atoms with Crippen molar-refractivity contribution in [3.05, 3.63) is 59.2 Å². The van der Waals surface area contributed by atoms with Crippen LogP contribution < -0.4 is 15.2 Å². The van der Waals surface area contributed by atoms with Gasteiger partial charge in [0.15, 0.2) is 11.6 Å². The Bertz CT molecular complexity index is 617. The van der Waals surface area contributed by atoms with Gasteiger partial charge in [0.2, 0.25) is 0 Å². The topological polar surface area (TPSA) is 44.5 Å². The molecule has 0 saturated carbocycles. The van der Waals surface area contributed by atoms with Gasteiger partial charge >= 0.3 is 0 Å². The van der Waals surface area contributed by atoms with Gasteiger partial charge in [0.25, 0.3) is 0 Å². The molecule has 3 nitrogen and oxygen atoms in total. The molecule has 2 aromatic carbocycles. The number of nitrogens with two attached hydrogens (primary N) is 1. The van der Waals surface area contributed by atoms with Crippen molar-refractivity contribution >= 4 is 0 Å². The van der Waals surface area contributed by atoms with Crippen LogP contribution >= 0.6 is 0 Å². The second-order valence-electron chi connectivity index (χ2n) is 4.26. The third-order valence-corrected chi connectivity index (χ3v) is 3.06. The molecule has 20 heavy (non-hydrogen) atoms. The molecule has 0 amide bonds. The van der Waals surface area contributed by atoms with Crippen LogP contribution in [0.2, 0.25) is 0 Å². The van der Waals surface area contributed by atoms with Crippen LogP contribution in [0.25, 0.3) is 0 Å². The zero-order valence-electron chi connectivity index (χ0n) is 11.2. The molecule has 0 bridgehead atoms. The summed E-state index contributed by atoms with van der Waals surface area (Å²) in [4.78, 5) is 0. The van der Waals surface area contributed by atoms with E-state index in [4.69, 9.17) is 15.2 Å². The Labute approximate surface area is 115 Å². The van der Waals surface area contributed by atoms with E-state index in [0.29, 0.717) is 16.9 Å². The molecule has 0 radical (unpaired) electrons. The summed E-state index contributed by atoms with van der Waals surface area (Å²) in [7, 11) is 2.85. The summed E-state index contributed by atoms with van der Waals surface area (Å²) in [5.74, 6) is -0.358. The standard InChI is InChI=1S/C15H15F2NO2/c1-19-13-6-4-10(16)8-11(13)15(18)9-3-5-14(20-2)12(17)7-9/h3-8,15H,18H2,1-2H3. The second kappa shape index (κ2) is 5.88. The molecule has 0 aliphatic rings. The molecule has 0 aliphatic heterocycles. The highest BCUT2D eigenvalue weighted by Gasteiger charge is 2.16. The molecule has 2 rings (SSSR count). The Morgan fingerprint density at radius 1 is 0.950 bits per heavy atom. The lowest BCUT2D eigenvalue weighted by Crippen LogP contribution is -2.13. The molecule has 0 spiro atoms. The molecule has 0 saturated heterocycles. The lowest BCUT2D eigenvalue weighted by atomic mass is 9.98. The van der Waals surface area contributed by atoms with Crippen molar-refractivity contribution in [2.45, 2.75) is 6.04 Å². The highest BCUT2D eigenvalue weighted by Crippen LogP contribution is 2.30. The first kappa shape index (κ1) is 14.3. The molecule has 0 heterocycles. The number of halogens is 2. The van der Waals surface area contributed by atoms with Crippen molar-refractivity contribution < 1.29 is 18.3 Å². The van der Waals surface area contributed by atoms with Gasteiger partial charge in [0, 0.05) is 5.56 Å². The molecule has 2 N–H and O–H groups in total. The number of hydrogen-bond acceptors (Lipinski definition) is 3. The van der Waals surface area contributed by atoms with Gasteiger partial charge < -0.3 is 15.2 Å². The fraction of sp³-hybridized carbons (Fsp3) is 0.200. The average Bonchev–Trinajstić information content (AvgIpc) is 2.46. The first-order valence-electron chi connectivity index (χ1n) is 5.99. The normalized spacial score (nSPS) is 12.1. The van der Waals surface area contributed by atoms with Crippen molar-refractivity contribution in [3.63, 3.8) is 0 Å². The van der Waals surface area contributed by atoms with Crippen LogP contribution in [0.3, 0.4) is 0 Å². The van der Waals surface area contributed by atoms with Crippen molar-refractivity contribution in [2.75, 3.05) is 14.2 Å². The van der Waals surface area contributed by atoms with Crippen LogP contribution in [0.1, 0.15) is 17.2 Å². The van der Waals surface area contributed by atoms with E-state index < -0.39 is 17.7 Å². The predicted octanol–water partition coefficient (Wildman–Crippen LogP) is 3.03. The maximum atomic E-state index is 13.7. The number of hydrogen-bond donors (Lipinski definition) is 1. The molecule has 2 aromatic rings. The molecule has 1 atom stereocenters. The fourth-order valence-corrected chi connectivity index (χ4v) is 2.00.